The standard InChI is InChI=1S/C13H27O5P/c1-4-7-9-13(10-8-5-2,11-19(15,16)17)12(14)18-6-3/h4-11H2,1-3H3,(H2,15,16,17). The van der Waals surface area contributed by atoms with Crippen molar-refractivity contribution in [2.24, 2.45) is 5.41 Å². The molecule has 0 aromatic carbocycles. The Kier molecular flexibility index (Phi) is 8.55. The molecule has 0 aromatic rings. The van der Waals surface area contributed by atoms with E-state index in [4.69, 9.17) is 4.74 Å². The van der Waals surface area contributed by atoms with Crippen LogP contribution in [0.2, 0.25) is 0 Å². The first-order valence-electron chi connectivity index (χ1n) is 7.03. The van der Waals surface area contributed by atoms with Crippen molar-refractivity contribution in [2.45, 2.75) is 59.3 Å². The molecule has 0 amide bonds. The highest BCUT2D eigenvalue weighted by Gasteiger charge is 2.43. The molecular formula is C13H27O5P. The van der Waals surface area contributed by atoms with Gasteiger partial charge in [-0.25, -0.2) is 0 Å². The smallest absolute Gasteiger partial charge is 0.326 e. The zero-order chi connectivity index (χ0) is 14.9. The minimum absolute atomic E-state index is 0.236. The van der Waals surface area contributed by atoms with Gasteiger partial charge in [0.25, 0.3) is 0 Å². The Balaban J connectivity index is 5.17. The van der Waals surface area contributed by atoms with Gasteiger partial charge in [0.05, 0.1) is 18.2 Å². The van der Waals surface area contributed by atoms with Crippen LogP contribution in [0, 0.1) is 5.41 Å². The molecule has 0 aliphatic carbocycles. The van der Waals surface area contributed by atoms with Gasteiger partial charge in [-0.05, 0) is 19.8 Å². The fourth-order valence-electron chi connectivity index (χ4n) is 2.26. The molecule has 0 spiro atoms. The average Bonchev–Trinajstić information content (AvgIpc) is 2.31. The summed E-state index contributed by atoms with van der Waals surface area (Å²) in [6.07, 6.45) is 3.85. The highest BCUT2D eigenvalue weighted by atomic mass is 31.2. The van der Waals surface area contributed by atoms with E-state index in [1.54, 1.807) is 6.92 Å². The van der Waals surface area contributed by atoms with Crippen LogP contribution in [0.1, 0.15) is 59.3 Å². The van der Waals surface area contributed by atoms with Gasteiger partial charge in [-0.1, -0.05) is 39.5 Å². The van der Waals surface area contributed by atoms with E-state index in [9.17, 15) is 19.1 Å². The van der Waals surface area contributed by atoms with Crippen molar-refractivity contribution in [1.29, 1.82) is 0 Å². The molecule has 0 saturated heterocycles. The van der Waals surface area contributed by atoms with Crippen LogP contribution < -0.4 is 0 Å². The molecule has 0 aromatic heterocycles. The number of carbonyl (C=O) groups excluding carboxylic acids is 1. The molecule has 5 nitrogen and oxygen atoms in total. The van der Waals surface area contributed by atoms with Crippen LogP contribution in [0.15, 0.2) is 0 Å². The predicted octanol–water partition coefficient (Wildman–Crippen LogP) is 3.09. The normalized spacial score (nSPS) is 12.5. The summed E-state index contributed by atoms with van der Waals surface area (Å²) in [5.74, 6) is -0.458. The van der Waals surface area contributed by atoms with Gasteiger partial charge in [-0.2, -0.15) is 0 Å². The molecule has 0 heterocycles. The molecule has 0 fully saturated rings. The van der Waals surface area contributed by atoms with E-state index in [0.717, 1.165) is 25.7 Å². The zero-order valence-electron chi connectivity index (χ0n) is 12.2. The molecule has 2 N–H and O–H groups in total. The monoisotopic (exact) mass is 294 g/mol. The average molecular weight is 294 g/mol. The van der Waals surface area contributed by atoms with Gasteiger partial charge in [0, 0.05) is 0 Å². The lowest BCUT2D eigenvalue weighted by molar-refractivity contribution is -0.155. The second-order valence-corrected chi connectivity index (χ2v) is 6.68. The fraction of sp³-hybridized carbons (Fsp3) is 0.923. The highest BCUT2D eigenvalue weighted by molar-refractivity contribution is 7.51. The Morgan fingerprint density at radius 1 is 1.11 bits per heavy atom. The molecule has 0 aliphatic heterocycles. The van der Waals surface area contributed by atoms with Crippen molar-refractivity contribution >= 4 is 13.6 Å². The molecule has 0 aliphatic rings. The number of hydrogen-bond acceptors (Lipinski definition) is 3. The van der Waals surface area contributed by atoms with Gasteiger partial charge in [0.2, 0.25) is 0 Å². The van der Waals surface area contributed by atoms with E-state index in [1.165, 1.54) is 0 Å². The van der Waals surface area contributed by atoms with Crippen LogP contribution in [0.3, 0.4) is 0 Å². The first kappa shape index (κ1) is 18.6. The molecule has 114 valence electrons. The van der Waals surface area contributed by atoms with E-state index in [1.807, 2.05) is 13.8 Å². The third-order valence-electron chi connectivity index (χ3n) is 3.23. The molecule has 6 heteroatoms. The number of esters is 1. The fourth-order valence-corrected chi connectivity index (χ4v) is 3.49. The van der Waals surface area contributed by atoms with Gasteiger partial charge in [-0.3, -0.25) is 9.36 Å². The van der Waals surface area contributed by atoms with Gasteiger partial charge in [0.15, 0.2) is 0 Å². The first-order valence-corrected chi connectivity index (χ1v) is 8.83. The maximum atomic E-state index is 12.2. The van der Waals surface area contributed by atoms with Crippen LogP contribution in [0.25, 0.3) is 0 Å². The molecule has 0 atom stereocenters. The molecule has 0 rings (SSSR count). The Morgan fingerprint density at radius 2 is 1.58 bits per heavy atom. The second-order valence-electron chi connectivity index (χ2n) is 5.03. The summed E-state index contributed by atoms with van der Waals surface area (Å²) in [6.45, 7) is 5.93. The lowest BCUT2D eigenvalue weighted by Gasteiger charge is -2.31. The van der Waals surface area contributed by atoms with Gasteiger partial charge < -0.3 is 14.5 Å². The minimum Gasteiger partial charge on any atom is -0.466 e. The van der Waals surface area contributed by atoms with E-state index < -0.39 is 25.1 Å². The first-order chi connectivity index (χ1) is 8.81. The van der Waals surface area contributed by atoms with Crippen LogP contribution >= 0.6 is 7.60 Å². The molecule has 0 bridgehead atoms. The predicted molar refractivity (Wildman–Crippen MR) is 75.0 cm³/mol. The Morgan fingerprint density at radius 3 is 1.89 bits per heavy atom. The SMILES string of the molecule is CCCCC(CCCC)(CP(=O)(O)O)C(=O)OCC. The summed E-state index contributed by atoms with van der Waals surface area (Å²) in [5, 5.41) is 0. The Bertz CT molecular complexity index is 302. The van der Waals surface area contributed by atoms with E-state index >= 15 is 0 Å². The van der Waals surface area contributed by atoms with Crippen LogP contribution in [0.4, 0.5) is 0 Å². The van der Waals surface area contributed by atoms with Gasteiger partial charge in [0.1, 0.15) is 0 Å². The van der Waals surface area contributed by atoms with E-state index in [2.05, 4.69) is 0 Å². The Hall–Kier alpha value is -0.380. The zero-order valence-corrected chi connectivity index (χ0v) is 13.1. The number of unbranched alkanes of at least 4 members (excludes halogenated alkanes) is 2. The number of carbonyl (C=O) groups is 1. The van der Waals surface area contributed by atoms with Gasteiger partial charge >= 0.3 is 13.6 Å². The van der Waals surface area contributed by atoms with Crippen LogP contribution in [-0.2, 0) is 14.1 Å². The van der Waals surface area contributed by atoms with E-state index in [0.29, 0.717) is 12.8 Å². The summed E-state index contributed by atoms with van der Waals surface area (Å²) in [7, 11) is -4.25. The third-order valence-corrected chi connectivity index (χ3v) is 4.25. The Labute approximate surface area is 115 Å². The minimum atomic E-state index is -4.25. The molecule has 19 heavy (non-hydrogen) atoms. The summed E-state index contributed by atoms with van der Waals surface area (Å²) in [6, 6.07) is 0. The summed E-state index contributed by atoms with van der Waals surface area (Å²) in [5.41, 5.74) is -1.03. The van der Waals surface area contributed by atoms with Crippen LogP contribution in [0.5, 0.6) is 0 Å². The summed E-state index contributed by atoms with van der Waals surface area (Å²) in [4.78, 5) is 30.7. The number of ether oxygens (including phenoxy) is 1. The number of hydrogen-bond donors (Lipinski definition) is 2. The topological polar surface area (TPSA) is 83.8 Å². The maximum absolute atomic E-state index is 12.2. The molecule has 0 radical (unpaired) electrons. The van der Waals surface area contributed by atoms with Crippen molar-refractivity contribution in [3.63, 3.8) is 0 Å². The molecule has 0 unspecified atom stereocenters. The van der Waals surface area contributed by atoms with Crippen molar-refractivity contribution < 1.29 is 23.9 Å². The maximum Gasteiger partial charge on any atom is 0.326 e. The quantitative estimate of drug-likeness (QED) is 0.478. The van der Waals surface area contributed by atoms with Crippen molar-refractivity contribution in [3.8, 4) is 0 Å². The summed E-state index contributed by atoms with van der Waals surface area (Å²) >= 11 is 0. The van der Waals surface area contributed by atoms with E-state index in [-0.39, 0.29) is 6.61 Å². The van der Waals surface area contributed by atoms with Crippen molar-refractivity contribution in [2.75, 3.05) is 12.8 Å². The highest BCUT2D eigenvalue weighted by Crippen LogP contribution is 2.47. The van der Waals surface area contributed by atoms with Crippen molar-refractivity contribution in [3.05, 3.63) is 0 Å². The summed E-state index contributed by atoms with van der Waals surface area (Å²) < 4.78 is 16.4. The third kappa shape index (κ3) is 7.09. The number of rotatable bonds is 10. The molecule has 0 saturated carbocycles. The largest absolute Gasteiger partial charge is 0.466 e. The second kappa shape index (κ2) is 8.72. The van der Waals surface area contributed by atoms with Crippen LogP contribution in [-0.4, -0.2) is 28.5 Å². The van der Waals surface area contributed by atoms with Gasteiger partial charge in [-0.15, -0.1) is 0 Å². The van der Waals surface area contributed by atoms with Crippen molar-refractivity contribution in [1.82, 2.24) is 0 Å². The lowest BCUT2D eigenvalue weighted by Crippen LogP contribution is -2.36. The molecular weight excluding hydrogens is 267 g/mol. The lowest BCUT2D eigenvalue weighted by atomic mass is 9.80.